The minimum atomic E-state index is -1.43. The summed E-state index contributed by atoms with van der Waals surface area (Å²) in [6.07, 6.45) is 2.85. The van der Waals surface area contributed by atoms with Crippen LogP contribution < -0.4 is 4.74 Å². The number of alkyl halides is 1. The van der Waals surface area contributed by atoms with Crippen LogP contribution in [0.3, 0.4) is 0 Å². The van der Waals surface area contributed by atoms with E-state index in [4.69, 9.17) is 16.7 Å². The summed E-state index contributed by atoms with van der Waals surface area (Å²) in [5, 5.41) is 18.7. The fraction of sp³-hybridized carbons (Fsp3) is 0.500. The van der Waals surface area contributed by atoms with Crippen molar-refractivity contribution in [1.82, 2.24) is 0 Å². The number of aryl methyl sites for hydroxylation is 1. The second kappa shape index (κ2) is 7.89. The van der Waals surface area contributed by atoms with Gasteiger partial charge in [-0.3, -0.25) is 0 Å². The third-order valence-corrected chi connectivity index (χ3v) is 3.17. The lowest BCUT2D eigenvalue weighted by Crippen LogP contribution is -2.05. The number of carbonyl (C=O) groups is 1. The molecule has 1 aromatic carbocycles. The zero-order valence-electron chi connectivity index (χ0n) is 11.0. The maximum Gasteiger partial charge on any atom is 0.511 e. The fourth-order valence-electron chi connectivity index (χ4n) is 1.96. The van der Waals surface area contributed by atoms with Gasteiger partial charge < -0.3 is 14.9 Å². The van der Waals surface area contributed by atoms with E-state index >= 15 is 0 Å². The number of carboxylic acid groups (broad SMARTS) is 1. The SMILES string of the molecule is CCCCc1ccc(OC(=O)O)c(O)c1CCCCl. The molecule has 0 heterocycles. The first-order valence-corrected chi connectivity index (χ1v) is 6.94. The number of benzene rings is 1. The molecule has 0 aromatic heterocycles. The first kappa shape index (κ1) is 15.6. The van der Waals surface area contributed by atoms with Gasteiger partial charge in [0.1, 0.15) is 0 Å². The molecule has 0 aliphatic carbocycles. The van der Waals surface area contributed by atoms with E-state index in [-0.39, 0.29) is 11.5 Å². The number of unbranched alkanes of at least 4 members (excludes halogenated alkanes) is 1. The minimum Gasteiger partial charge on any atom is -0.504 e. The molecule has 0 aliphatic rings. The van der Waals surface area contributed by atoms with Gasteiger partial charge in [0, 0.05) is 11.4 Å². The van der Waals surface area contributed by atoms with Crippen molar-refractivity contribution in [2.24, 2.45) is 0 Å². The number of phenolic OH excluding ortho intramolecular Hbond substituents is 1. The van der Waals surface area contributed by atoms with Crippen LogP contribution in [0.25, 0.3) is 0 Å². The van der Waals surface area contributed by atoms with Crippen molar-refractivity contribution in [3.63, 3.8) is 0 Å². The first-order chi connectivity index (χ1) is 9.10. The minimum absolute atomic E-state index is 0.0164. The van der Waals surface area contributed by atoms with E-state index in [2.05, 4.69) is 11.7 Å². The summed E-state index contributed by atoms with van der Waals surface area (Å²) in [7, 11) is 0. The Bertz CT molecular complexity index is 432. The lowest BCUT2D eigenvalue weighted by Gasteiger charge is -2.13. The number of halogens is 1. The average Bonchev–Trinajstić information content (AvgIpc) is 2.37. The number of phenols is 1. The van der Waals surface area contributed by atoms with Gasteiger partial charge in [-0.2, -0.15) is 0 Å². The molecule has 0 unspecified atom stereocenters. The van der Waals surface area contributed by atoms with Crippen LogP contribution in [0.1, 0.15) is 37.3 Å². The van der Waals surface area contributed by atoms with Gasteiger partial charge >= 0.3 is 6.16 Å². The predicted octanol–water partition coefficient (Wildman–Crippen LogP) is 3.96. The van der Waals surface area contributed by atoms with Gasteiger partial charge in [0.25, 0.3) is 0 Å². The molecular formula is C14H19ClO4. The number of aromatic hydroxyl groups is 1. The van der Waals surface area contributed by atoms with Gasteiger partial charge in [0.2, 0.25) is 0 Å². The summed E-state index contributed by atoms with van der Waals surface area (Å²) in [5.41, 5.74) is 1.77. The number of ether oxygens (including phenoxy) is 1. The summed E-state index contributed by atoms with van der Waals surface area (Å²) in [5.74, 6) is 0.398. The number of hydrogen-bond donors (Lipinski definition) is 2. The molecular weight excluding hydrogens is 268 g/mol. The van der Waals surface area contributed by atoms with Gasteiger partial charge in [-0.15, -0.1) is 11.6 Å². The average molecular weight is 287 g/mol. The van der Waals surface area contributed by atoms with Gasteiger partial charge in [-0.05, 0) is 37.3 Å². The van der Waals surface area contributed by atoms with Crippen molar-refractivity contribution in [2.75, 3.05) is 5.88 Å². The lowest BCUT2D eigenvalue weighted by molar-refractivity contribution is 0.143. The maximum absolute atomic E-state index is 10.5. The molecule has 0 amide bonds. The Morgan fingerprint density at radius 1 is 1.32 bits per heavy atom. The van der Waals surface area contributed by atoms with E-state index in [1.165, 1.54) is 6.07 Å². The van der Waals surface area contributed by atoms with Gasteiger partial charge in [-0.25, -0.2) is 4.79 Å². The highest BCUT2D eigenvalue weighted by Crippen LogP contribution is 2.34. The lowest BCUT2D eigenvalue weighted by atomic mass is 9.97. The van der Waals surface area contributed by atoms with Gasteiger partial charge in [-0.1, -0.05) is 19.4 Å². The summed E-state index contributed by atoms with van der Waals surface area (Å²) >= 11 is 5.68. The summed E-state index contributed by atoms with van der Waals surface area (Å²) < 4.78 is 4.56. The molecule has 0 saturated heterocycles. The Kier molecular flexibility index (Phi) is 6.50. The first-order valence-electron chi connectivity index (χ1n) is 6.40. The molecule has 106 valence electrons. The second-order valence-electron chi connectivity index (χ2n) is 4.31. The molecule has 1 rings (SSSR count). The predicted molar refractivity (Wildman–Crippen MR) is 74.4 cm³/mol. The van der Waals surface area contributed by atoms with Crippen molar-refractivity contribution in [2.45, 2.75) is 39.0 Å². The quantitative estimate of drug-likeness (QED) is 0.452. The molecule has 2 N–H and O–H groups in total. The summed E-state index contributed by atoms with van der Waals surface area (Å²) in [4.78, 5) is 10.5. The third-order valence-electron chi connectivity index (χ3n) is 2.90. The molecule has 0 aliphatic heterocycles. The number of rotatable bonds is 7. The zero-order valence-corrected chi connectivity index (χ0v) is 11.7. The molecule has 4 nitrogen and oxygen atoms in total. The van der Waals surface area contributed by atoms with Crippen molar-refractivity contribution in [3.05, 3.63) is 23.3 Å². The Morgan fingerprint density at radius 2 is 2.05 bits per heavy atom. The highest BCUT2D eigenvalue weighted by Gasteiger charge is 2.15. The second-order valence-corrected chi connectivity index (χ2v) is 4.69. The van der Waals surface area contributed by atoms with E-state index in [1.807, 2.05) is 6.07 Å². The van der Waals surface area contributed by atoms with Crippen LogP contribution in [0.15, 0.2) is 12.1 Å². The molecule has 0 atom stereocenters. The largest absolute Gasteiger partial charge is 0.511 e. The maximum atomic E-state index is 10.5. The summed E-state index contributed by atoms with van der Waals surface area (Å²) in [6, 6.07) is 3.32. The third kappa shape index (κ3) is 4.63. The van der Waals surface area contributed by atoms with Crippen molar-refractivity contribution in [1.29, 1.82) is 0 Å². The number of hydrogen-bond acceptors (Lipinski definition) is 3. The topological polar surface area (TPSA) is 66.8 Å². The highest BCUT2D eigenvalue weighted by atomic mass is 35.5. The molecule has 0 saturated carbocycles. The van der Waals surface area contributed by atoms with Crippen molar-refractivity contribution >= 4 is 17.8 Å². The Balaban J connectivity index is 3.04. The van der Waals surface area contributed by atoms with Crippen molar-refractivity contribution < 1.29 is 19.7 Å². The van der Waals surface area contributed by atoms with Crippen LogP contribution in [-0.2, 0) is 12.8 Å². The molecule has 1 aromatic rings. The standard InChI is InChI=1S/C14H19ClO4/c1-2-3-5-10-7-8-12(19-14(17)18)13(16)11(10)6-4-9-15/h7-8,16H,2-6,9H2,1H3,(H,17,18). The molecule has 0 spiro atoms. The fourth-order valence-corrected chi connectivity index (χ4v) is 2.09. The van der Waals surface area contributed by atoms with Crippen LogP contribution in [0.2, 0.25) is 0 Å². The van der Waals surface area contributed by atoms with Crippen LogP contribution in [0.4, 0.5) is 4.79 Å². The van der Waals surface area contributed by atoms with E-state index in [0.717, 1.165) is 36.8 Å². The van der Waals surface area contributed by atoms with Crippen molar-refractivity contribution in [3.8, 4) is 11.5 Å². The molecule has 0 fully saturated rings. The Morgan fingerprint density at radius 3 is 2.63 bits per heavy atom. The van der Waals surface area contributed by atoms with E-state index in [0.29, 0.717) is 12.3 Å². The molecule has 19 heavy (non-hydrogen) atoms. The van der Waals surface area contributed by atoms with Gasteiger partial charge in [0.15, 0.2) is 11.5 Å². The zero-order chi connectivity index (χ0) is 14.3. The van der Waals surface area contributed by atoms with Gasteiger partial charge in [0.05, 0.1) is 0 Å². The van der Waals surface area contributed by atoms with Crippen LogP contribution in [-0.4, -0.2) is 22.2 Å². The highest BCUT2D eigenvalue weighted by molar-refractivity contribution is 6.17. The Labute approximate surface area is 118 Å². The normalized spacial score (nSPS) is 10.4. The van der Waals surface area contributed by atoms with E-state index < -0.39 is 6.16 Å². The van der Waals surface area contributed by atoms with Crippen LogP contribution >= 0.6 is 11.6 Å². The Hall–Kier alpha value is -1.42. The van der Waals surface area contributed by atoms with Crippen LogP contribution in [0.5, 0.6) is 11.5 Å². The smallest absolute Gasteiger partial charge is 0.504 e. The monoisotopic (exact) mass is 286 g/mol. The van der Waals surface area contributed by atoms with E-state index in [1.54, 1.807) is 0 Å². The molecule has 5 heteroatoms. The summed E-state index contributed by atoms with van der Waals surface area (Å²) in [6.45, 7) is 2.10. The molecule has 0 radical (unpaired) electrons. The van der Waals surface area contributed by atoms with Crippen LogP contribution in [0, 0.1) is 0 Å². The molecule has 0 bridgehead atoms. The van der Waals surface area contributed by atoms with E-state index in [9.17, 15) is 9.90 Å².